The van der Waals surface area contributed by atoms with E-state index in [2.05, 4.69) is 0 Å². The summed E-state index contributed by atoms with van der Waals surface area (Å²) in [7, 11) is -3.70. The van der Waals surface area contributed by atoms with E-state index in [1.54, 1.807) is 39.0 Å². The number of rotatable bonds is 3. The molecule has 0 spiro atoms. The lowest BCUT2D eigenvalue weighted by atomic mass is 9.89. The molecule has 1 saturated heterocycles. The standard InChI is InChI=1S/C14H18O4S/c1-4-14(10-13(2,3)12(15)18-14)19(16,17)11-8-6-5-7-9-11/h5-9H,4,10H2,1-3H3. The van der Waals surface area contributed by atoms with Crippen LogP contribution in [0.15, 0.2) is 35.2 Å². The zero-order valence-electron chi connectivity index (χ0n) is 11.3. The first-order valence-electron chi connectivity index (χ1n) is 6.28. The minimum absolute atomic E-state index is 0.187. The van der Waals surface area contributed by atoms with Crippen LogP contribution in [0.2, 0.25) is 0 Å². The molecule has 0 bridgehead atoms. The molecule has 0 N–H and O–H groups in total. The van der Waals surface area contributed by atoms with Gasteiger partial charge in [-0.25, -0.2) is 8.42 Å². The molecule has 1 atom stereocenters. The van der Waals surface area contributed by atoms with Crippen molar-refractivity contribution in [2.24, 2.45) is 5.41 Å². The number of hydrogen-bond donors (Lipinski definition) is 0. The van der Waals surface area contributed by atoms with Crippen molar-refractivity contribution in [2.75, 3.05) is 0 Å². The molecule has 104 valence electrons. The van der Waals surface area contributed by atoms with Gasteiger partial charge in [0.1, 0.15) is 0 Å². The minimum Gasteiger partial charge on any atom is -0.442 e. The van der Waals surface area contributed by atoms with Crippen molar-refractivity contribution < 1.29 is 17.9 Å². The summed E-state index contributed by atoms with van der Waals surface area (Å²) >= 11 is 0. The van der Waals surface area contributed by atoms with Gasteiger partial charge in [-0.15, -0.1) is 0 Å². The smallest absolute Gasteiger partial charge is 0.313 e. The zero-order chi connectivity index (χ0) is 14.3. The summed E-state index contributed by atoms with van der Waals surface area (Å²) in [6.07, 6.45) is 0.436. The molecule has 0 aliphatic carbocycles. The molecule has 1 fully saturated rings. The summed E-state index contributed by atoms with van der Waals surface area (Å²) in [5.41, 5.74) is -0.766. The number of cyclic esters (lactones) is 1. The van der Waals surface area contributed by atoms with Gasteiger partial charge in [-0.1, -0.05) is 25.1 Å². The first kappa shape index (κ1) is 14.1. The lowest BCUT2D eigenvalue weighted by Crippen LogP contribution is -2.38. The van der Waals surface area contributed by atoms with Crippen molar-refractivity contribution in [3.63, 3.8) is 0 Å². The van der Waals surface area contributed by atoms with Crippen LogP contribution in [-0.4, -0.2) is 19.3 Å². The second-order valence-corrected chi connectivity index (χ2v) is 7.75. The topological polar surface area (TPSA) is 60.4 Å². The number of carbonyl (C=O) groups excluding carboxylic acids is 1. The van der Waals surface area contributed by atoms with Crippen LogP contribution in [0, 0.1) is 5.41 Å². The lowest BCUT2D eigenvalue weighted by molar-refractivity contribution is -0.149. The largest absolute Gasteiger partial charge is 0.442 e. The summed E-state index contributed by atoms with van der Waals surface area (Å²) in [5, 5.41) is 0. The lowest BCUT2D eigenvalue weighted by Gasteiger charge is -2.26. The zero-order valence-corrected chi connectivity index (χ0v) is 12.2. The monoisotopic (exact) mass is 282 g/mol. The van der Waals surface area contributed by atoms with Gasteiger partial charge in [0.05, 0.1) is 10.3 Å². The predicted octanol–water partition coefficient (Wildman–Crippen LogP) is 2.54. The fourth-order valence-corrected chi connectivity index (χ4v) is 4.50. The average Bonchev–Trinajstić information content (AvgIpc) is 2.62. The van der Waals surface area contributed by atoms with E-state index < -0.39 is 26.2 Å². The van der Waals surface area contributed by atoms with Crippen molar-refractivity contribution in [1.82, 2.24) is 0 Å². The van der Waals surface area contributed by atoms with Crippen molar-refractivity contribution in [1.29, 1.82) is 0 Å². The van der Waals surface area contributed by atoms with Crippen LogP contribution in [0.25, 0.3) is 0 Å². The molecule has 1 aromatic carbocycles. The summed E-state index contributed by atoms with van der Waals surface area (Å²) < 4.78 is 30.8. The first-order chi connectivity index (χ1) is 8.75. The van der Waals surface area contributed by atoms with Crippen LogP contribution >= 0.6 is 0 Å². The summed E-state index contributed by atoms with van der Waals surface area (Å²) in [4.78, 5) is 10.6. The number of carbonyl (C=O) groups is 1. The van der Waals surface area contributed by atoms with Crippen LogP contribution in [-0.2, 0) is 19.4 Å². The molecular formula is C14H18O4S. The molecule has 1 aromatic rings. The molecule has 1 aliphatic heterocycles. The summed E-state index contributed by atoms with van der Waals surface area (Å²) in [5.74, 6) is -0.450. The first-order valence-corrected chi connectivity index (χ1v) is 7.77. The second-order valence-electron chi connectivity index (χ2n) is 5.53. The van der Waals surface area contributed by atoms with Gasteiger partial charge in [0, 0.05) is 6.42 Å². The Labute approximate surface area is 113 Å². The number of hydrogen-bond acceptors (Lipinski definition) is 4. The number of benzene rings is 1. The SMILES string of the molecule is CCC1(S(=O)(=O)c2ccccc2)CC(C)(C)C(=O)O1. The van der Waals surface area contributed by atoms with Crippen LogP contribution in [0.1, 0.15) is 33.6 Å². The van der Waals surface area contributed by atoms with E-state index in [4.69, 9.17) is 4.74 Å². The second kappa shape index (κ2) is 4.34. The molecule has 1 aliphatic rings. The molecule has 0 aromatic heterocycles. The van der Waals surface area contributed by atoms with E-state index in [1.807, 2.05) is 0 Å². The molecule has 0 radical (unpaired) electrons. The van der Waals surface area contributed by atoms with E-state index in [0.29, 0.717) is 0 Å². The molecule has 5 heteroatoms. The highest BCUT2D eigenvalue weighted by molar-refractivity contribution is 7.92. The highest BCUT2D eigenvalue weighted by Gasteiger charge is 2.58. The Kier molecular flexibility index (Phi) is 3.21. The quantitative estimate of drug-likeness (QED) is 0.799. The third-order valence-electron chi connectivity index (χ3n) is 3.62. The van der Waals surface area contributed by atoms with Gasteiger partial charge < -0.3 is 4.74 Å². The van der Waals surface area contributed by atoms with Crippen LogP contribution in [0.4, 0.5) is 0 Å². The van der Waals surface area contributed by atoms with Gasteiger partial charge >= 0.3 is 5.97 Å². The molecule has 0 amide bonds. The van der Waals surface area contributed by atoms with E-state index >= 15 is 0 Å². The van der Waals surface area contributed by atoms with E-state index in [9.17, 15) is 13.2 Å². The van der Waals surface area contributed by atoms with Crippen molar-refractivity contribution in [3.8, 4) is 0 Å². The van der Waals surface area contributed by atoms with Gasteiger partial charge in [-0.05, 0) is 32.4 Å². The van der Waals surface area contributed by atoms with E-state index in [0.717, 1.165) is 0 Å². The van der Waals surface area contributed by atoms with Crippen LogP contribution in [0.3, 0.4) is 0 Å². The molecule has 1 heterocycles. The van der Waals surface area contributed by atoms with Crippen molar-refractivity contribution in [3.05, 3.63) is 30.3 Å². The van der Waals surface area contributed by atoms with Gasteiger partial charge in [-0.3, -0.25) is 4.79 Å². The Morgan fingerprint density at radius 1 is 1.21 bits per heavy atom. The maximum Gasteiger partial charge on any atom is 0.313 e. The highest BCUT2D eigenvalue weighted by atomic mass is 32.2. The normalized spacial score (nSPS) is 26.2. The number of sulfone groups is 1. The fraction of sp³-hybridized carbons (Fsp3) is 0.500. The van der Waals surface area contributed by atoms with Crippen molar-refractivity contribution in [2.45, 2.75) is 43.4 Å². The summed E-state index contributed by atoms with van der Waals surface area (Å²) in [6.45, 7) is 5.16. The van der Waals surface area contributed by atoms with Gasteiger partial charge in [0.25, 0.3) is 0 Å². The van der Waals surface area contributed by atoms with Gasteiger partial charge in [-0.2, -0.15) is 0 Å². The number of ether oxygens (including phenoxy) is 1. The third-order valence-corrected chi connectivity index (χ3v) is 6.01. The van der Waals surface area contributed by atoms with Crippen LogP contribution < -0.4 is 0 Å². The molecule has 2 rings (SSSR count). The van der Waals surface area contributed by atoms with Gasteiger partial charge in [0.2, 0.25) is 14.8 Å². The Morgan fingerprint density at radius 2 is 1.79 bits per heavy atom. The maximum absolute atomic E-state index is 12.7. The summed E-state index contributed by atoms with van der Waals surface area (Å²) in [6, 6.07) is 8.15. The minimum atomic E-state index is -3.70. The predicted molar refractivity (Wildman–Crippen MR) is 71.1 cm³/mol. The Balaban J connectivity index is 2.53. The molecule has 1 unspecified atom stereocenters. The van der Waals surface area contributed by atoms with E-state index in [-0.39, 0.29) is 17.7 Å². The molecule has 0 saturated carbocycles. The van der Waals surface area contributed by atoms with Gasteiger partial charge in [0.15, 0.2) is 0 Å². The third kappa shape index (κ3) is 2.06. The van der Waals surface area contributed by atoms with E-state index in [1.165, 1.54) is 12.1 Å². The Morgan fingerprint density at radius 3 is 2.21 bits per heavy atom. The van der Waals surface area contributed by atoms with Crippen LogP contribution in [0.5, 0.6) is 0 Å². The Bertz CT molecular complexity index is 589. The highest BCUT2D eigenvalue weighted by Crippen LogP contribution is 2.47. The Hall–Kier alpha value is -1.36. The maximum atomic E-state index is 12.7. The molecular weight excluding hydrogens is 264 g/mol. The molecule has 4 nitrogen and oxygen atoms in total. The average molecular weight is 282 g/mol. The van der Waals surface area contributed by atoms with Crippen molar-refractivity contribution >= 4 is 15.8 Å². The number of esters is 1. The molecule has 19 heavy (non-hydrogen) atoms. The fourth-order valence-electron chi connectivity index (χ4n) is 2.44.